The van der Waals surface area contributed by atoms with Crippen LogP contribution in [0.15, 0.2) is 6.20 Å². The molecule has 12 heteroatoms. The molecule has 0 aliphatic carbocycles. The molecule has 2 heterocycles. The molecule has 24 heavy (non-hydrogen) atoms. The number of rotatable bonds is 4. The topological polar surface area (TPSA) is 59.4 Å². The SMILES string of the molecule is Cn1cc(NC2CCN(CC(F)(F)F)C2)c(OC(=O)C(F)(F)F)n1. The zero-order valence-electron chi connectivity index (χ0n) is 12.4. The van der Waals surface area contributed by atoms with Gasteiger partial charge < -0.3 is 10.1 Å². The predicted octanol–water partition coefficient (Wildman–Crippen LogP) is 1.94. The Balaban J connectivity index is 2.00. The van der Waals surface area contributed by atoms with Crippen LogP contribution in [0.4, 0.5) is 32.0 Å². The minimum Gasteiger partial charge on any atom is -0.397 e. The minimum atomic E-state index is -5.17. The summed E-state index contributed by atoms with van der Waals surface area (Å²) in [7, 11) is 1.40. The number of aromatic nitrogens is 2. The van der Waals surface area contributed by atoms with Crippen molar-refractivity contribution in [1.82, 2.24) is 14.7 Å². The van der Waals surface area contributed by atoms with Crippen LogP contribution in [0.5, 0.6) is 5.88 Å². The molecule has 1 N–H and O–H groups in total. The highest BCUT2D eigenvalue weighted by Crippen LogP contribution is 2.28. The highest BCUT2D eigenvalue weighted by molar-refractivity contribution is 5.79. The fourth-order valence-electron chi connectivity index (χ4n) is 2.36. The quantitative estimate of drug-likeness (QED) is 0.657. The van der Waals surface area contributed by atoms with E-state index in [0.29, 0.717) is 6.42 Å². The van der Waals surface area contributed by atoms with Crippen LogP contribution in [0.25, 0.3) is 0 Å². The van der Waals surface area contributed by atoms with Gasteiger partial charge in [-0.2, -0.15) is 26.3 Å². The van der Waals surface area contributed by atoms with E-state index >= 15 is 0 Å². The van der Waals surface area contributed by atoms with Gasteiger partial charge >= 0.3 is 18.3 Å². The number of ether oxygens (including phenoxy) is 1. The lowest BCUT2D eigenvalue weighted by atomic mass is 10.2. The summed E-state index contributed by atoms with van der Waals surface area (Å²) in [6.45, 7) is -0.815. The first-order valence-corrected chi connectivity index (χ1v) is 6.82. The van der Waals surface area contributed by atoms with Crippen LogP contribution in [-0.2, 0) is 11.8 Å². The van der Waals surface area contributed by atoms with Crippen LogP contribution in [0, 0.1) is 0 Å². The standard InChI is InChI=1S/C12H14F6N4O2/c1-21-5-8(9(20-21)24-10(23)12(16,17)18)19-7-2-3-22(4-7)6-11(13,14)15/h5,7,19H,2-4,6H2,1H3. The molecule has 1 aliphatic rings. The third-order valence-corrected chi connectivity index (χ3v) is 3.25. The summed E-state index contributed by atoms with van der Waals surface area (Å²) in [5.41, 5.74) is 0.00830. The summed E-state index contributed by atoms with van der Waals surface area (Å²) >= 11 is 0. The zero-order valence-corrected chi connectivity index (χ0v) is 12.4. The maximum Gasteiger partial charge on any atom is 0.491 e. The second-order valence-electron chi connectivity index (χ2n) is 5.39. The zero-order chi connectivity index (χ0) is 18.1. The molecule has 0 radical (unpaired) electrons. The Morgan fingerprint density at radius 3 is 2.62 bits per heavy atom. The van der Waals surface area contributed by atoms with Crippen molar-refractivity contribution in [3.8, 4) is 5.88 Å². The van der Waals surface area contributed by atoms with E-state index in [2.05, 4.69) is 15.2 Å². The molecule has 1 atom stereocenters. The van der Waals surface area contributed by atoms with Gasteiger partial charge in [-0.05, 0) is 6.42 Å². The van der Waals surface area contributed by atoms with E-state index in [9.17, 15) is 31.1 Å². The predicted molar refractivity (Wildman–Crippen MR) is 69.4 cm³/mol. The molecule has 1 saturated heterocycles. The van der Waals surface area contributed by atoms with Crippen molar-refractivity contribution in [1.29, 1.82) is 0 Å². The number of esters is 1. The Morgan fingerprint density at radius 2 is 2.04 bits per heavy atom. The Bertz CT molecular complexity index is 597. The van der Waals surface area contributed by atoms with Crippen LogP contribution < -0.4 is 10.1 Å². The third kappa shape index (κ3) is 5.01. The van der Waals surface area contributed by atoms with Gasteiger partial charge in [-0.3, -0.25) is 9.58 Å². The number of hydrogen-bond donors (Lipinski definition) is 1. The van der Waals surface area contributed by atoms with Crippen molar-refractivity contribution in [2.75, 3.05) is 25.0 Å². The highest BCUT2D eigenvalue weighted by Gasteiger charge is 2.42. The van der Waals surface area contributed by atoms with Crippen LogP contribution in [-0.4, -0.2) is 58.7 Å². The molecule has 0 amide bonds. The highest BCUT2D eigenvalue weighted by atomic mass is 19.4. The lowest BCUT2D eigenvalue weighted by Gasteiger charge is -2.18. The number of carbonyl (C=O) groups excluding carboxylic acids is 1. The lowest BCUT2D eigenvalue weighted by molar-refractivity contribution is -0.189. The van der Waals surface area contributed by atoms with E-state index in [4.69, 9.17) is 0 Å². The molecule has 1 aromatic rings. The number of anilines is 1. The largest absolute Gasteiger partial charge is 0.491 e. The molecule has 1 aromatic heterocycles. The van der Waals surface area contributed by atoms with Crippen molar-refractivity contribution in [2.45, 2.75) is 24.8 Å². The van der Waals surface area contributed by atoms with Gasteiger partial charge in [0.1, 0.15) is 5.69 Å². The summed E-state index contributed by atoms with van der Waals surface area (Å²) in [6, 6.07) is -0.431. The summed E-state index contributed by atoms with van der Waals surface area (Å²) in [5, 5.41) is 6.37. The van der Waals surface area contributed by atoms with Crippen LogP contribution in [0.1, 0.15) is 6.42 Å². The molecule has 0 bridgehead atoms. The number of halogens is 6. The monoisotopic (exact) mass is 360 g/mol. The second-order valence-corrected chi connectivity index (χ2v) is 5.39. The normalized spacial score (nSPS) is 19.5. The van der Waals surface area contributed by atoms with Crippen molar-refractivity contribution in [3.05, 3.63) is 6.20 Å². The first-order chi connectivity index (χ1) is 10.9. The van der Waals surface area contributed by atoms with Gasteiger partial charge in [0.05, 0.1) is 12.7 Å². The van der Waals surface area contributed by atoms with Crippen LogP contribution in [0.2, 0.25) is 0 Å². The van der Waals surface area contributed by atoms with Crippen LogP contribution in [0.3, 0.4) is 0 Å². The molecule has 136 valence electrons. The van der Waals surface area contributed by atoms with Crippen molar-refractivity contribution in [3.63, 3.8) is 0 Å². The molecule has 0 aromatic carbocycles. The van der Waals surface area contributed by atoms with Crippen LogP contribution >= 0.6 is 0 Å². The number of nitrogens with zero attached hydrogens (tertiary/aromatic N) is 3. The molecule has 0 saturated carbocycles. The number of alkyl halides is 6. The first-order valence-electron chi connectivity index (χ1n) is 6.82. The van der Waals surface area contributed by atoms with Gasteiger partial charge in [0.2, 0.25) is 0 Å². The van der Waals surface area contributed by atoms with Gasteiger partial charge in [-0.25, -0.2) is 4.79 Å². The molecule has 0 spiro atoms. The van der Waals surface area contributed by atoms with Crippen molar-refractivity contribution >= 4 is 11.7 Å². The number of hydrogen-bond acceptors (Lipinski definition) is 5. The Hall–Kier alpha value is -1.98. The molecule has 1 unspecified atom stereocenters. The molecule has 6 nitrogen and oxygen atoms in total. The summed E-state index contributed by atoms with van der Waals surface area (Å²) in [4.78, 5) is 12.1. The average Bonchev–Trinajstić information content (AvgIpc) is 2.94. The van der Waals surface area contributed by atoms with E-state index in [0.717, 1.165) is 4.68 Å². The van der Waals surface area contributed by atoms with Gasteiger partial charge in [0.15, 0.2) is 0 Å². The Kier molecular flexibility index (Phi) is 4.97. The van der Waals surface area contributed by atoms with E-state index in [1.165, 1.54) is 18.1 Å². The van der Waals surface area contributed by atoms with Gasteiger partial charge in [0.25, 0.3) is 5.88 Å². The van der Waals surface area contributed by atoms with Gasteiger partial charge in [-0.1, -0.05) is 0 Å². The summed E-state index contributed by atoms with van der Waals surface area (Å²) in [6.07, 6.45) is -7.86. The Morgan fingerprint density at radius 1 is 1.38 bits per heavy atom. The third-order valence-electron chi connectivity index (χ3n) is 3.25. The molecule has 2 rings (SSSR count). The summed E-state index contributed by atoms with van der Waals surface area (Å²) < 4.78 is 79.1. The fourth-order valence-corrected chi connectivity index (χ4v) is 2.36. The van der Waals surface area contributed by atoms with E-state index in [1.807, 2.05) is 0 Å². The second kappa shape index (κ2) is 6.49. The van der Waals surface area contributed by atoms with Gasteiger partial charge in [0, 0.05) is 26.2 Å². The van der Waals surface area contributed by atoms with E-state index in [-0.39, 0.29) is 18.8 Å². The minimum absolute atomic E-state index is 0.00830. The number of nitrogens with one attached hydrogen (secondary N) is 1. The molecular formula is C12H14F6N4O2. The maximum absolute atomic E-state index is 12.3. The summed E-state index contributed by atoms with van der Waals surface area (Å²) in [5.74, 6) is -3.00. The van der Waals surface area contributed by atoms with Crippen molar-refractivity contribution < 1.29 is 35.9 Å². The maximum atomic E-state index is 12.3. The molecule has 1 aliphatic heterocycles. The average molecular weight is 360 g/mol. The number of carbonyl (C=O) groups is 1. The Labute approximate surface area is 132 Å². The number of likely N-dealkylation sites (tertiary alicyclic amines) is 1. The molecular weight excluding hydrogens is 346 g/mol. The van der Waals surface area contributed by atoms with E-state index in [1.54, 1.807) is 0 Å². The van der Waals surface area contributed by atoms with Crippen molar-refractivity contribution in [2.24, 2.45) is 7.05 Å². The van der Waals surface area contributed by atoms with E-state index < -0.39 is 36.8 Å². The lowest BCUT2D eigenvalue weighted by Crippen LogP contribution is -2.34. The number of aryl methyl sites for hydroxylation is 1. The fraction of sp³-hybridized carbons (Fsp3) is 0.667. The smallest absolute Gasteiger partial charge is 0.397 e. The molecule has 1 fully saturated rings. The first kappa shape index (κ1) is 18.4. The van der Waals surface area contributed by atoms with Gasteiger partial charge in [-0.15, -0.1) is 5.10 Å².